The van der Waals surface area contributed by atoms with Gasteiger partial charge in [0.05, 0.1) is 0 Å². The van der Waals surface area contributed by atoms with Gasteiger partial charge in [-0.2, -0.15) is 0 Å². The molecule has 6 heteroatoms. The Kier molecular flexibility index (Phi) is 6.25. The van der Waals surface area contributed by atoms with E-state index in [-0.39, 0.29) is 18.4 Å². The van der Waals surface area contributed by atoms with Crippen LogP contribution >= 0.6 is 11.6 Å². The lowest BCUT2D eigenvalue weighted by molar-refractivity contribution is -0.131. The average molecular weight is 400 g/mol. The molecule has 0 atom stereocenters. The molecule has 0 N–H and O–H groups in total. The summed E-state index contributed by atoms with van der Waals surface area (Å²) in [5, 5.41) is 0.586. The lowest BCUT2D eigenvalue weighted by Crippen LogP contribution is -2.51. The summed E-state index contributed by atoms with van der Waals surface area (Å²) < 4.78 is 0. The minimum Gasteiger partial charge on any atom is -0.368 e. The standard InChI is InChI=1S/C22H26ClN3O2/c1-16-5-4-6-19(13-16)24-9-11-25(12-10-24)22(28)15-26(18(3)27)20-8-7-17(2)21(23)14-20/h4-8,13-14H,9-12,15H2,1-3H3. The average Bonchev–Trinajstić information content (AvgIpc) is 2.68. The summed E-state index contributed by atoms with van der Waals surface area (Å²) >= 11 is 6.19. The van der Waals surface area contributed by atoms with E-state index in [1.54, 1.807) is 6.07 Å². The first-order chi connectivity index (χ1) is 13.3. The fourth-order valence-corrected chi connectivity index (χ4v) is 3.58. The molecule has 2 amide bonds. The molecule has 2 aromatic carbocycles. The molecule has 0 spiro atoms. The number of anilines is 2. The molecule has 1 heterocycles. The van der Waals surface area contributed by atoms with E-state index in [2.05, 4.69) is 36.1 Å². The summed E-state index contributed by atoms with van der Waals surface area (Å²) in [6.07, 6.45) is 0. The van der Waals surface area contributed by atoms with Crippen LogP contribution in [-0.4, -0.2) is 49.4 Å². The molecular formula is C22H26ClN3O2. The van der Waals surface area contributed by atoms with Crippen molar-refractivity contribution in [2.24, 2.45) is 0 Å². The van der Waals surface area contributed by atoms with Crippen LogP contribution in [0.3, 0.4) is 0 Å². The van der Waals surface area contributed by atoms with Gasteiger partial charge >= 0.3 is 0 Å². The van der Waals surface area contributed by atoms with Gasteiger partial charge in [-0.15, -0.1) is 0 Å². The van der Waals surface area contributed by atoms with Crippen LogP contribution in [0.25, 0.3) is 0 Å². The molecule has 148 valence electrons. The molecule has 0 unspecified atom stereocenters. The zero-order chi connectivity index (χ0) is 20.3. The van der Waals surface area contributed by atoms with E-state index in [1.165, 1.54) is 23.1 Å². The van der Waals surface area contributed by atoms with Gasteiger partial charge < -0.3 is 14.7 Å². The van der Waals surface area contributed by atoms with Gasteiger partial charge in [0.25, 0.3) is 0 Å². The first-order valence-electron chi connectivity index (χ1n) is 9.49. The van der Waals surface area contributed by atoms with Crippen molar-refractivity contribution in [2.45, 2.75) is 20.8 Å². The highest BCUT2D eigenvalue weighted by Crippen LogP contribution is 2.24. The normalized spacial score (nSPS) is 14.1. The van der Waals surface area contributed by atoms with E-state index < -0.39 is 0 Å². The number of hydrogen-bond donors (Lipinski definition) is 0. The van der Waals surface area contributed by atoms with Gasteiger partial charge in [0.2, 0.25) is 11.8 Å². The molecule has 1 fully saturated rings. The fourth-order valence-electron chi connectivity index (χ4n) is 3.41. The highest BCUT2D eigenvalue weighted by molar-refractivity contribution is 6.31. The van der Waals surface area contributed by atoms with Crippen molar-refractivity contribution < 1.29 is 9.59 Å². The van der Waals surface area contributed by atoms with Gasteiger partial charge in [0, 0.05) is 49.5 Å². The van der Waals surface area contributed by atoms with E-state index in [1.807, 2.05) is 24.0 Å². The van der Waals surface area contributed by atoms with Crippen molar-refractivity contribution in [3.05, 3.63) is 58.6 Å². The Morgan fingerprint density at radius 1 is 1.04 bits per heavy atom. The molecule has 1 saturated heterocycles. The molecule has 1 aliphatic heterocycles. The van der Waals surface area contributed by atoms with E-state index in [0.717, 1.165) is 18.7 Å². The van der Waals surface area contributed by atoms with Crippen LogP contribution in [0.4, 0.5) is 11.4 Å². The Bertz CT molecular complexity index is 876. The van der Waals surface area contributed by atoms with Crippen LogP contribution in [0, 0.1) is 13.8 Å². The van der Waals surface area contributed by atoms with Crippen molar-refractivity contribution in [1.82, 2.24) is 4.90 Å². The number of rotatable bonds is 4. The molecule has 0 aromatic heterocycles. The number of carbonyl (C=O) groups is 2. The number of halogens is 1. The zero-order valence-corrected chi connectivity index (χ0v) is 17.4. The fraction of sp³-hybridized carbons (Fsp3) is 0.364. The quantitative estimate of drug-likeness (QED) is 0.788. The molecule has 0 aliphatic carbocycles. The molecule has 28 heavy (non-hydrogen) atoms. The van der Waals surface area contributed by atoms with Gasteiger partial charge in [0.1, 0.15) is 6.54 Å². The first-order valence-corrected chi connectivity index (χ1v) is 9.86. The zero-order valence-electron chi connectivity index (χ0n) is 16.6. The van der Waals surface area contributed by atoms with Crippen molar-refractivity contribution in [1.29, 1.82) is 0 Å². The molecule has 2 aromatic rings. The Morgan fingerprint density at radius 3 is 2.36 bits per heavy atom. The van der Waals surface area contributed by atoms with Gasteiger partial charge in [-0.05, 0) is 49.2 Å². The predicted molar refractivity (Wildman–Crippen MR) is 114 cm³/mol. The Balaban J connectivity index is 1.63. The summed E-state index contributed by atoms with van der Waals surface area (Å²) in [6, 6.07) is 13.8. The molecule has 5 nitrogen and oxygen atoms in total. The maximum absolute atomic E-state index is 12.8. The van der Waals surface area contributed by atoms with E-state index in [9.17, 15) is 9.59 Å². The third kappa shape index (κ3) is 4.65. The number of amides is 2. The third-order valence-electron chi connectivity index (χ3n) is 5.14. The molecule has 1 aliphatic rings. The Hall–Kier alpha value is -2.53. The number of benzene rings is 2. The van der Waals surface area contributed by atoms with Gasteiger partial charge in [0.15, 0.2) is 0 Å². The Labute approximate surface area is 171 Å². The molecule has 3 rings (SSSR count). The van der Waals surface area contributed by atoms with Crippen LogP contribution < -0.4 is 9.80 Å². The first kappa shape index (κ1) is 20.2. The van der Waals surface area contributed by atoms with Crippen LogP contribution in [0.5, 0.6) is 0 Å². The minimum absolute atomic E-state index is 0.0270. The summed E-state index contributed by atoms with van der Waals surface area (Å²) in [5.41, 5.74) is 4.00. The topological polar surface area (TPSA) is 43.9 Å². The molecule has 0 saturated carbocycles. The van der Waals surface area contributed by atoms with Crippen molar-refractivity contribution in [2.75, 3.05) is 42.5 Å². The second-order valence-corrected chi connectivity index (χ2v) is 7.65. The van der Waals surface area contributed by atoms with Crippen molar-refractivity contribution in [3.63, 3.8) is 0 Å². The summed E-state index contributed by atoms with van der Waals surface area (Å²) in [7, 11) is 0. The largest absolute Gasteiger partial charge is 0.368 e. The molecule has 0 bridgehead atoms. The third-order valence-corrected chi connectivity index (χ3v) is 5.55. The highest BCUT2D eigenvalue weighted by atomic mass is 35.5. The number of aryl methyl sites for hydroxylation is 2. The van der Waals surface area contributed by atoms with Crippen molar-refractivity contribution >= 4 is 34.8 Å². The summed E-state index contributed by atoms with van der Waals surface area (Å²) in [6.45, 7) is 8.34. The van der Waals surface area contributed by atoms with Crippen LogP contribution in [0.15, 0.2) is 42.5 Å². The predicted octanol–water partition coefficient (Wildman–Crippen LogP) is 3.66. The van der Waals surface area contributed by atoms with Crippen LogP contribution in [0.1, 0.15) is 18.1 Å². The van der Waals surface area contributed by atoms with Crippen molar-refractivity contribution in [3.8, 4) is 0 Å². The maximum Gasteiger partial charge on any atom is 0.242 e. The molecule has 0 radical (unpaired) electrons. The van der Waals surface area contributed by atoms with Gasteiger partial charge in [-0.1, -0.05) is 29.8 Å². The number of carbonyl (C=O) groups excluding carboxylic acids is 2. The van der Waals surface area contributed by atoms with Gasteiger partial charge in [-0.3, -0.25) is 9.59 Å². The molecular weight excluding hydrogens is 374 g/mol. The lowest BCUT2D eigenvalue weighted by Gasteiger charge is -2.37. The SMILES string of the molecule is CC(=O)N(CC(=O)N1CCN(c2cccc(C)c2)CC1)c1ccc(C)c(Cl)c1. The number of hydrogen-bond acceptors (Lipinski definition) is 3. The lowest BCUT2D eigenvalue weighted by atomic mass is 10.2. The summed E-state index contributed by atoms with van der Waals surface area (Å²) in [5.74, 6) is -0.220. The highest BCUT2D eigenvalue weighted by Gasteiger charge is 2.24. The van der Waals surface area contributed by atoms with E-state index >= 15 is 0 Å². The van der Waals surface area contributed by atoms with Crippen LogP contribution in [0.2, 0.25) is 5.02 Å². The van der Waals surface area contributed by atoms with Gasteiger partial charge in [-0.25, -0.2) is 0 Å². The smallest absolute Gasteiger partial charge is 0.242 e. The number of piperazine rings is 1. The second-order valence-electron chi connectivity index (χ2n) is 7.25. The van der Waals surface area contributed by atoms with Crippen LogP contribution in [-0.2, 0) is 9.59 Å². The monoisotopic (exact) mass is 399 g/mol. The minimum atomic E-state index is -0.174. The number of nitrogens with zero attached hydrogens (tertiary/aromatic N) is 3. The van der Waals surface area contributed by atoms with E-state index in [0.29, 0.717) is 23.8 Å². The second kappa shape index (κ2) is 8.65. The van der Waals surface area contributed by atoms with E-state index in [4.69, 9.17) is 11.6 Å². The Morgan fingerprint density at radius 2 is 1.75 bits per heavy atom. The summed E-state index contributed by atoms with van der Waals surface area (Å²) in [4.78, 5) is 30.6. The maximum atomic E-state index is 12.8.